The SMILES string of the molecule is COC(=O)c1ccc2c(c1)N(C[C@@H]1CC[C@H]1[C@@H]1CC(=O)CCO1)C[C@@]1(CCCc3cc(Cl)ccc31)CO2. The third-order valence-electron chi connectivity index (χ3n) is 9.01. The number of esters is 1. The number of rotatable bonds is 4. The Bertz CT molecular complexity index is 1210. The van der Waals surface area contributed by atoms with Crippen LogP contribution < -0.4 is 9.64 Å². The van der Waals surface area contributed by atoms with Gasteiger partial charge in [-0.2, -0.15) is 0 Å². The van der Waals surface area contributed by atoms with Crippen molar-refractivity contribution in [3.8, 4) is 5.75 Å². The van der Waals surface area contributed by atoms with Gasteiger partial charge in [0.2, 0.25) is 0 Å². The lowest BCUT2D eigenvalue weighted by molar-refractivity contribution is -0.135. The van der Waals surface area contributed by atoms with Crippen molar-refractivity contribution < 1.29 is 23.8 Å². The largest absolute Gasteiger partial charge is 0.490 e. The van der Waals surface area contributed by atoms with Crippen molar-refractivity contribution >= 4 is 29.0 Å². The first-order valence-electron chi connectivity index (χ1n) is 13.5. The summed E-state index contributed by atoms with van der Waals surface area (Å²) in [7, 11) is 1.41. The van der Waals surface area contributed by atoms with Gasteiger partial charge in [-0.15, -0.1) is 0 Å². The van der Waals surface area contributed by atoms with E-state index in [1.54, 1.807) is 6.07 Å². The maximum atomic E-state index is 12.4. The highest BCUT2D eigenvalue weighted by atomic mass is 35.5. The number of Topliss-reactive ketones (excluding diaryl/α,β-unsaturated/α-hetero) is 1. The standard InChI is InChI=1S/C30H34ClNO5/c1-35-29(34)20-5-9-27-26(14-20)32(16-21-4-7-24(21)28-15-23(33)10-12-36-28)17-30(18-37-27)11-2-3-19-13-22(31)6-8-25(19)30/h5-6,8-9,13-14,21,24,28H,2-4,7,10-12,15-18H2,1H3/t21-,24+,28-,30-/m0/s1. The average molecular weight is 524 g/mol. The number of anilines is 1. The third-order valence-corrected chi connectivity index (χ3v) is 9.24. The van der Waals surface area contributed by atoms with Crippen molar-refractivity contribution in [2.45, 2.75) is 56.5 Å². The number of carbonyl (C=O) groups excluding carboxylic acids is 2. The fourth-order valence-electron chi connectivity index (χ4n) is 6.94. The number of aryl methyl sites for hydroxylation is 1. The van der Waals surface area contributed by atoms with E-state index < -0.39 is 0 Å². The van der Waals surface area contributed by atoms with E-state index >= 15 is 0 Å². The van der Waals surface area contributed by atoms with E-state index in [-0.39, 0.29) is 17.5 Å². The molecule has 37 heavy (non-hydrogen) atoms. The van der Waals surface area contributed by atoms with E-state index in [1.807, 2.05) is 18.2 Å². The van der Waals surface area contributed by atoms with Crippen molar-refractivity contribution in [2.24, 2.45) is 11.8 Å². The minimum Gasteiger partial charge on any atom is -0.490 e. The van der Waals surface area contributed by atoms with Crippen LogP contribution in [0.2, 0.25) is 5.02 Å². The Labute approximate surface area is 223 Å². The Morgan fingerprint density at radius 1 is 1.19 bits per heavy atom. The monoisotopic (exact) mass is 523 g/mol. The highest BCUT2D eigenvalue weighted by Crippen LogP contribution is 2.47. The number of ketones is 1. The molecular weight excluding hydrogens is 490 g/mol. The summed E-state index contributed by atoms with van der Waals surface area (Å²) in [5.74, 6) is 1.57. The lowest BCUT2D eigenvalue weighted by Crippen LogP contribution is -2.50. The van der Waals surface area contributed by atoms with Crippen LogP contribution in [0.3, 0.4) is 0 Å². The number of carbonyl (C=O) groups is 2. The summed E-state index contributed by atoms with van der Waals surface area (Å²) in [6.45, 7) is 2.76. The molecule has 0 unspecified atom stereocenters. The molecule has 2 aromatic carbocycles. The molecule has 1 spiro atoms. The maximum absolute atomic E-state index is 12.4. The summed E-state index contributed by atoms with van der Waals surface area (Å²) in [6, 6.07) is 11.9. The lowest BCUT2D eigenvalue weighted by atomic mass is 9.67. The zero-order chi connectivity index (χ0) is 25.6. The molecule has 1 saturated heterocycles. The van der Waals surface area contributed by atoms with Crippen molar-refractivity contribution in [1.82, 2.24) is 0 Å². The number of benzene rings is 2. The van der Waals surface area contributed by atoms with Gasteiger partial charge in [-0.25, -0.2) is 4.79 Å². The third kappa shape index (κ3) is 4.63. The van der Waals surface area contributed by atoms with Gasteiger partial charge in [0, 0.05) is 36.4 Å². The molecule has 6 rings (SSSR count). The van der Waals surface area contributed by atoms with Gasteiger partial charge in [-0.05, 0) is 85.4 Å². The van der Waals surface area contributed by atoms with Gasteiger partial charge in [0.25, 0.3) is 0 Å². The predicted molar refractivity (Wildman–Crippen MR) is 142 cm³/mol. The number of nitrogens with zero attached hydrogens (tertiary/aromatic N) is 1. The Kier molecular flexibility index (Phi) is 6.66. The second kappa shape index (κ2) is 9.95. The molecule has 196 valence electrons. The number of hydrogen-bond donors (Lipinski definition) is 0. The normalized spacial score (nSPS) is 29.0. The van der Waals surface area contributed by atoms with Crippen LogP contribution in [0.4, 0.5) is 5.69 Å². The van der Waals surface area contributed by atoms with E-state index in [0.29, 0.717) is 49.2 Å². The first-order chi connectivity index (χ1) is 18.0. The zero-order valence-corrected chi connectivity index (χ0v) is 22.1. The van der Waals surface area contributed by atoms with Crippen molar-refractivity contribution in [3.63, 3.8) is 0 Å². The van der Waals surface area contributed by atoms with Gasteiger partial charge in [-0.3, -0.25) is 4.79 Å². The molecule has 0 bridgehead atoms. The second-order valence-corrected chi connectivity index (χ2v) is 11.6. The molecule has 0 aromatic heterocycles. The van der Waals surface area contributed by atoms with Crippen LogP contribution in [0.1, 0.15) is 60.0 Å². The summed E-state index contributed by atoms with van der Waals surface area (Å²) in [5, 5.41) is 0.771. The fourth-order valence-corrected chi connectivity index (χ4v) is 7.13. The predicted octanol–water partition coefficient (Wildman–Crippen LogP) is 5.37. The number of ether oxygens (including phenoxy) is 3. The van der Waals surface area contributed by atoms with Crippen molar-refractivity contribution in [2.75, 3.05) is 38.3 Å². The molecule has 2 aliphatic heterocycles. The molecule has 2 aromatic rings. The van der Waals surface area contributed by atoms with Crippen LogP contribution >= 0.6 is 11.6 Å². The number of methoxy groups -OCH3 is 1. The van der Waals surface area contributed by atoms with Crippen LogP contribution in [0.5, 0.6) is 5.75 Å². The van der Waals surface area contributed by atoms with E-state index in [4.69, 9.17) is 25.8 Å². The van der Waals surface area contributed by atoms with Gasteiger partial charge >= 0.3 is 5.97 Å². The lowest BCUT2D eigenvalue weighted by Gasteiger charge is -2.47. The Balaban J connectivity index is 1.35. The van der Waals surface area contributed by atoms with Gasteiger partial charge in [0.05, 0.1) is 37.7 Å². The van der Waals surface area contributed by atoms with E-state index in [0.717, 1.165) is 61.7 Å². The fraction of sp³-hybridized carbons (Fsp3) is 0.533. The van der Waals surface area contributed by atoms with Gasteiger partial charge in [0.15, 0.2) is 0 Å². The smallest absolute Gasteiger partial charge is 0.337 e. The molecule has 2 heterocycles. The molecule has 2 aliphatic carbocycles. The molecule has 0 N–H and O–H groups in total. The molecule has 0 radical (unpaired) electrons. The van der Waals surface area contributed by atoms with Gasteiger partial charge in [-0.1, -0.05) is 17.7 Å². The highest BCUT2D eigenvalue weighted by molar-refractivity contribution is 6.30. The van der Waals surface area contributed by atoms with Crippen LogP contribution in [0, 0.1) is 11.8 Å². The first-order valence-corrected chi connectivity index (χ1v) is 13.9. The summed E-state index contributed by atoms with van der Waals surface area (Å²) in [4.78, 5) is 27.0. The Morgan fingerprint density at radius 3 is 2.86 bits per heavy atom. The van der Waals surface area contributed by atoms with Gasteiger partial charge < -0.3 is 19.1 Å². The molecule has 2 fully saturated rings. The maximum Gasteiger partial charge on any atom is 0.337 e. The van der Waals surface area contributed by atoms with Crippen LogP contribution in [-0.4, -0.2) is 51.3 Å². The van der Waals surface area contributed by atoms with E-state index in [9.17, 15) is 9.59 Å². The summed E-state index contributed by atoms with van der Waals surface area (Å²) in [6.07, 6.45) is 6.43. The minimum absolute atomic E-state index is 0.0237. The van der Waals surface area contributed by atoms with Crippen LogP contribution in [-0.2, 0) is 26.1 Å². The Morgan fingerprint density at radius 2 is 2.08 bits per heavy atom. The zero-order valence-electron chi connectivity index (χ0n) is 21.3. The van der Waals surface area contributed by atoms with E-state index in [1.165, 1.54) is 18.2 Å². The summed E-state index contributed by atoms with van der Waals surface area (Å²) < 4.78 is 17.6. The van der Waals surface area contributed by atoms with Crippen LogP contribution in [0.15, 0.2) is 36.4 Å². The highest BCUT2D eigenvalue weighted by Gasteiger charge is 2.45. The minimum atomic E-state index is -0.352. The summed E-state index contributed by atoms with van der Waals surface area (Å²) >= 11 is 6.37. The molecule has 4 atom stereocenters. The summed E-state index contributed by atoms with van der Waals surface area (Å²) in [5.41, 5.74) is 3.92. The topological polar surface area (TPSA) is 65.1 Å². The molecule has 6 nitrogen and oxygen atoms in total. The molecule has 1 saturated carbocycles. The second-order valence-electron chi connectivity index (χ2n) is 11.2. The molecular formula is C30H34ClNO5. The Hall–Kier alpha value is -2.57. The average Bonchev–Trinajstić information content (AvgIpc) is 3.03. The van der Waals surface area contributed by atoms with Crippen molar-refractivity contribution in [3.05, 3.63) is 58.1 Å². The van der Waals surface area contributed by atoms with Crippen LogP contribution in [0.25, 0.3) is 0 Å². The van der Waals surface area contributed by atoms with E-state index in [2.05, 4.69) is 17.0 Å². The molecule has 0 amide bonds. The number of halogens is 1. The molecule has 7 heteroatoms. The quantitative estimate of drug-likeness (QED) is 0.502. The molecule has 4 aliphatic rings. The first kappa shape index (κ1) is 24.7. The van der Waals surface area contributed by atoms with Gasteiger partial charge in [0.1, 0.15) is 11.5 Å². The number of hydrogen-bond acceptors (Lipinski definition) is 6. The number of fused-ring (bicyclic) bond motifs is 3. The van der Waals surface area contributed by atoms with Crippen molar-refractivity contribution in [1.29, 1.82) is 0 Å².